The Labute approximate surface area is 149 Å². The van der Waals surface area contributed by atoms with Gasteiger partial charge in [-0.05, 0) is 30.7 Å². The van der Waals surface area contributed by atoms with Crippen molar-refractivity contribution in [1.82, 2.24) is 14.8 Å². The Balaban J connectivity index is 1.22. The molecule has 4 rings (SSSR count). The number of ether oxygens (including phenoxy) is 3. The average Bonchev–Trinajstić information content (AvgIpc) is 3.31. The molecule has 2 aromatic carbocycles. The highest BCUT2D eigenvalue weighted by Gasteiger charge is 2.13. The Kier molecular flexibility index (Phi) is 4.74. The smallest absolute Gasteiger partial charge is 0.231 e. The molecule has 0 fully saturated rings. The zero-order valence-corrected chi connectivity index (χ0v) is 14.3. The Bertz CT molecular complexity index is 839. The van der Waals surface area contributed by atoms with Gasteiger partial charge in [0.25, 0.3) is 0 Å². The standard InChI is InChI=1S/C18H17N3O3S/c1-2-5-14(6-3-1)21-12-19-18(20-21)25-10-4-9-22-15-7-8-16-17(11-15)24-13-23-16/h1-3,5-8,11-12H,4,9-10,13H2. The Morgan fingerprint density at radius 1 is 1.08 bits per heavy atom. The first kappa shape index (κ1) is 15.8. The van der Waals surface area contributed by atoms with Crippen LogP contribution in [0.5, 0.6) is 17.2 Å². The van der Waals surface area contributed by atoms with Gasteiger partial charge >= 0.3 is 0 Å². The van der Waals surface area contributed by atoms with Crippen molar-refractivity contribution in [3.05, 3.63) is 54.9 Å². The van der Waals surface area contributed by atoms with Gasteiger partial charge in [-0.2, -0.15) is 0 Å². The van der Waals surface area contributed by atoms with E-state index in [0.29, 0.717) is 6.61 Å². The second-order valence-corrected chi connectivity index (χ2v) is 6.43. The summed E-state index contributed by atoms with van der Waals surface area (Å²) in [4.78, 5) is 4.33. The average molecular weight is 355 g/mol. The summed E-state index contributed by atoms with van der Waals surface area (Å²) >= 11 is 1.62. The highest BCUT2D eigenvalue weighted by molar-refractivity contribution is 7.99. The number of fused-ring (bicyclic) bond motifs is 1. The van der Waals surface area contributed by atoms with E-state index < -0.39 is 0 Å². The molecule has 1 aromatic heterocycles. The van der Waals surface area contributed by atoms with E-state index in [-0.39, 0.29) is 6.79 Å². The topological polar surface area (TPSA) is 58.4 Å². The predicted molar refractivity (Wildman–Crippen MR) is 94.8 cm³/mol. The van der Waals surface area contributed by atoms with Crippen molar-refractivity contribution in [3.8, 4) is 22.9 Å². The number of hydrogen-bond acceptors (Lipinski definition) is 6. The largest absolute Gasteiger partial charge is 0.493 e. The number of para-hydroxylation sites is 1. The molecule has 25 heavy (non-hydrogen) atoms. The number of rotatable bonds is 7. The number of thioether (sulfide) groups is 1. The maximum absolute atomic E-state index is 5.75. The van der Waals surface area contributed by atoms with Crippen molar-refractivity contribution >= 4 is 11.8 Å². The number of aromatic nitrogens is 3. The molecular weight excluding hydrogens is 338 g/mol. The summed E-state index contributed by atoms with van der Waals surface area (Å²) in [7, 11) is 0. The van der Waals surface area contributed by atoms with E-state index in [1.807, 2.05) is 48.5 Å². The Hall–Kier alpha value is -2.67. The molecule has 1 aliphatic rings. The third-order valence-electron chi connectivity index (χ3n) is 3.62. The molecule has 0 radical (unpaired) electrons. The van der Waals surface area contributed by atoms with E-state index in [9.17, 15) is 0 Å². The lowest BCUT2D eigenvalue weighted by atomic mass is 10.3. The Morgan fingerprint density at radius 2 is 1.96 bits per heavy atom. The zero-order chi connectivity index (χ0) is 16.9. The van der Waals surface area contributed by atoms with E-state index in [2.05, 4.69) is 10.1 Å². The van der Waals surface area contributed by atoms with Crippen molar-refractivity contribution < 1.29 is 14.2 Å². The van der Waals surface area contributed by atoms with Crippen LogP contribution in [0.1, 0.15) is 6.42 Å². The predicted octanol–water partition coefficient (Wildman–Crippen LogP) is 3.56. The fourth-order valence-corrected chi connectivity index (χ4v) is 3.11. The summed E-state index contributed by atoms with van der Waals surface area (Å²) in [5, 5.41) is 5.24. The molecule has 0 atom stereocenters. The van der Waals surface area contributed by atoms with E-state index in [0.717, 1.165) is 40.3 Å². The van der Waals surface area contributed by atoms with Crippen molar-refractivity contribution in [2.24, 2.45) is 0 Å². The third kappa shape index (κ3) is 3.88. The minimum absolute atomic E-state index is 0.276. The summed E-state index contributed by atoms with van der Waals surface area (Å²) in [5.41, 5.74) is 1.01. The van der Waals surface area contributed by atoms with Crippen molar-refractivity contribution in [1.29, 1.82) is 0 Å². The van der Waals surface area contributed by atoms with Gasteiger partial charge in [0.2, 0.25) is 11.9 Å². The summed E-state index contributed by atoms with van der Waals surface area (Å²) in [6.45, 7) is 0.907. The van der Waals surface area contributed by atoms with Crippen LogP contribution in [0.2, 0.25) is 0 Å². The van der Waals surface area contributed by atoms with Crippen molar-refractivity contribution in [3.63, 3.8) is 0 Å². The van der Waals surface area contributed by atoms with Gasteiger partial charge in [0.05, 0.1) is 12.3 Å². The number of benzene rings is 2. The molecule has 0 spiro atoms. The summed E-state index contributed by atoms with van der Waals surface area (Å²) in [6.07, 6.45) is 2.64. The van der Waals surface area contributed by atoms with Crippen LogP contribution < -0.4 is 14.2 Å². The van der Waals surface area contributed by atoms with Gasteiger partial charge in [-0.25, -0.2) is 9.67 Å². The van der Waals surface area contributed by atoms with E-state index in [1.54, 1.807) is 22.8 Å². The van der Waals surface area contributed by atoms with Gasteiger partial charge in [-0.1, -0.05) is 30.0 Å². The minimum atomic E-state index is 0.276. The van der Waals surface area contributed by atoms with E-state index in [1.165, 1.54) is 0 Å². The molecule has 7 heteroatoms. The van der Waals surface area contributed by atoms with Crippen LogP contribution in [0.4, 0.5) is 0 Å². The van der Waals surface area contributed by atoms with Gasteiger partial charge in [0.1, 0.15) is 12.1 Å². The minimum Gasteiger partial charge on any atom is -0.493 e. The zero-order valence-electron chi connectivity index (χ0n) is 13.5. The SMILES string of the molecule is c1ccc(-n2cnc(SCCCOc3ccc4c(c3)OCO4)n2)cc1. The van der Waals surface area contributed by atoms with E-state index in [4.69, 9.17) is 14.2 Å². The molecular formula is C18H17N3O3S. The van der Waals surface area contributed by atoms with Crippen LogP contribution in [0.15, 0.2) is 60.0 Å². The van der Waals surface area contributed by atoms with Gasteiger partial charge < -0.3 is 14.2 Å². The molecule has 0 aliphatic carbocycles. The quantitative estimate of drug-likeness (QED) is 0.477. The molecule has 0 unspecified atom stereocenters. The van der Waals surface area contributed by atoms with Gasteiger partial charge in [-0.3, -0.25) is 0 Å². The van der Waals surface area contributed by atoms with Crippen molar-refractivity contribution in [2.45, 2.75) is 11.6 Å². The molecule has 2 heterocycles. The molecule has 0 saturated heterocycles. The van der Waals surface area contributed by atoms with Crippen LogP contribution in [0, 0.1) is 0 Å². The van der Waals surface area contributed by atoms with Crippen molar-refractivity contribution in [2.75, 3.05) is 19.2 Å². The maximum Gasteiger partial charge on any atom is 0.231 e. The first-order chi connectivity index (χ1) is 12.4. The number of hydrogen-bond donors (Lipinski definition) is 0. The molecule has 0 saturated carbocycles. The fourth-order valence-electron chi connectivity index (χ4n) is 2.40. The first-order valence-corrected chi connectivity index (χ1v) is 8.99. The fraction of sp³-hybridized carbons (Fsp3) is 0.222. The lowest BCUT2D eigenvalue weighted by Gasteiger charge is -2.06. The van der Waals surface area contributed by atoms with Crippen LogP contribution in [0.25, 0.3) is 5.69 Å². The summed E-state index contributed by atoms with van der Waals surface area (Å²) in [5.74, 6) is 3.19. The molecule has 0 N–H and O–H groups in total. The second kappa shape index (κ2) is 7.48. The summed E-state index contributed by atoms with van der Waals surface area (Å²) < 4.78 is 18.2. The van der Waals surface area contributed by atoms with Crippen LogP contribution in [0.3, 0.4) is 0 Å². The lowest BCUT2D eigenvalue weighted by molar-refractivity contribution is 0.173. The van der Waals surface area contributed by atoms with Crippen LogP contribution >= 0.6 is 11.8 Å². The van der Waals surface area contributed by atoms with E-state index >= 15 is 0 Å². The molecule has 0 bridgehead atoms. The van der Waals surface area contributed by atoms with Gasteiger partial charge in [0.15, 0.2) is 11.5 Å². The van der Waals surface area contributed by atoms with Crippen LogP contribution in [-0.2, 0) is 0 Å². The van der Waals surface area contributed by atoms with Gasteiger partial charge in [-0.15, -0.1) is 5.10 Å². The number of nitrogens with zero attached hydrogens (tertiary/aromatic N) is 3. The van der Waals surface area contributed by atoms with Crippen LogP contribution in [-0.4, -0.2) is 33.9 Å². The highest BCUT2D eigenvalue weighted by atomic mass is 32.2. The molecule has 0 amide bonds. The molecule has 6 nitrogen and oxygen atoms in total. The molecule has 1 aliphatic heterocycles. The molecule has 3 aromatic rings. The first-order valence-electron chi connectivity index (χ1n) is 8.01. The third-order valence-corrected chi connectivity index (χ3v) is 4.56. The normalized spacial score (nSPS) is 12.3. The monoisotopic (exact) mass is 355 g/mol. The molecule has 128 valence electrons. The highest BCUT2D eigenvalue weighted by Crippen LogP contribution is 2.35. The Morgan fingerprint density at radius 3 is 2.88 bits per heavy atom. The maximum atomic E-state index is 5.75. The second-order valence-electron chi connectivity index (χ2n) is 5.37. The lowest BCUT2D eigenvalue weighted by Crippen LogP contribution is -1.99. The van der Waals surface area contributed by atoms with Gasteiger partial charge in [0, 0.05) is 11.8 Å². The summed E-state index contributed by atoms with van der Waals surface area (Å²) in [6, 6.07) is 15.6.